The lowest BCUT2D eigenvalue weighted by molar-refractivity contribution is 0.409. The fraction of sp³-hybridized carbons (Fsp3) is 0.250. The Morgan fingerprint density at radius 3 is 2.83 bits per heavy atom. The molecule has 0 unspecified atom stereocenters. The number of hydrogen-bond donors (Lipinski definition) is 0. The Balaban J connectivity index is 3.28. The molecule has 62 valence electrons. The first-order valence-corrected chi connectivity index (χ1v) is 4.09. The molecule has 0 amide bonds. The van der Waals surface area contributed by atoms with Crippen LogP contribution in [0.2, 0.25) is 0 Å². The second-order valence-electron chi connectivity index (χ2n) is 2.22. The second-order valence-corrected chi connectivity index (χ2v) is 3.07. The molecule has 0 fully saturated rings. The highest BCUT2D eigenvalue weighted by Crippen LogP contribution is 2.23. The van der Waals surface area contributed by atoms with Gasteiger partial charge in [-0.2, -0.15) is 5.26 Å². The number of nitrogens with zero attached hydrogens (tertiary/aromatic N) is 2. The van der Waals surface area contributed by atoms with Gasteiger partial charge in [0.25, 0.3) is 0 Å². The van der Waals surface area contributed by atoms with Crippen molar-refractivity contribution in [1.82, 2.24) is 4.98 Å². The van der Waals surface area contributed by atoms with Crippen molar-refractivity contribution in [3.63, 3.8) is 0 Å². The molecule has 0 saturated heterocycles. The average Bonchev–Trinajstić information content (AvgIpc) is 2.08. The molecule has 0 aliphatic carbocycles. The zero-order chi connectivity index (χ0) is 9.14. The summed E-state index contributed by atoms with van der Waals surface area (Å²) in [6.45, 7) is 1.80. The summed E-state index contributed by atoms with van der Waals surface area (Å²) in [5, 5.41) is 8.62. The van der Waals surface area contributed by atoms with Crippen LogP contribution in [0.15, 0.2) is 10.5 Å². The fourth-order valence-corrected chi connectivity index (χ4v) is 1.23. The fourth-order valence-electron chi connectivity index (χ4n) is 0.849. The van der Waals surface area contributed by atoms with Gasteiger partial charge in [-0.1, -0.05) is 0 Å². The van der Waals surface area contributed by atoms with Gasteiger partial charge in [0.2, 0.25) is 0 Å². The Hall–Kier alpha value is -1.08. The topological polar surface area (TPSA) is 45.9 Å². The van der Waals surface area contributed by atoms with E-state index in [2.05, 4.69) is 20.9 Å². The Labute approximate surface area is 79.1 Å². The number of hydrogen-bond acceptors (Lipinski definition) is 3. The van der Waals surface area contributed by atoms with Gasteiger partial charge in [0.1, 0.15) is 11.8 Å². The van der Waals surface area contributed by atoms with Gasteiger partial charge in [-0.25, -0.2) is 4.98 Å². The van der Waals surface area contributed by atoms with Crippen LogP contribution in [0.3, 0.4) is 0 Å². The number of rotatable bonds is 1. The van der Waals surface area contributed by atoms with Gasteiger partial charge >= 0.3 is 0 Å². The predicted octanol–water partition coefficient (Wildman–Crippen LogP) is 2.03. The average molecular weight is 227 g/mol. The van der Waals surface area contributed by atoms with E-state index in [1.807, 2.05) is 6.07 Å². The molecule has 0 bridgehead atoms. The molecular formula is C8H7BrN2O. The van der Waals surface area contributed by atoms with Gasteiger partial charge in [0.15, 0.2) is 5.69 Å². The van der Waals surface area contributed by atoms with Crippen molar-refractivity contribution in [3.8, 4) is 11.8 Å². The molecule has 1 aromatic rings. The Morgan fingerprint density at radius 1 is 1.67 bits per heavy atom. The molecule has 0 spiro atoms. The number of ether oxygens (including phenoxy) is 1. The van der Waals surface area contributed by atoms with Gasteiger partial charge < -0.3 is 4.74 Å². The molecule has 0 radical (unpaired) electrons. The Kier molecular flexibility index (Phi) is 2.66. The highest BCUT2D eigenvalue weighted by molar-refractivity contribution is 9.10. The van der Waals surface area contributed by atoms with E-state index in [0.29, 0.717) is 15.9 Å². The first kappa shape index (κ1) is 9.01. The van der Waals surface area contributed by atoms with Gasteiger partial charge in [0, 0.05) is 0 Å². The van der Waals surface area contributed by atoms with Crippen LogP contribution in [0.1, 0.15) is 11.4 Å². The molecule has 1 aromatic heterocycles. The van der Waals surface area contributed by atoms with Crippen molar-refractivity contribution in [2.24, 2.45) is 0 Å². The van der Waals surface area contributed by atoms with Gasteiger partial charge in [-0.15, -0.1) is 0 Å². The summed E-state index contributed by atoms with van der Waals surface area (Å²) in [6, 6.07) is 3.71. The number of nitriles is 1. The van der Waals surface area contributed by atoms with E-state index in [-0.39, 0.29) is 0 Å². The standard InChI is InChI=1S/C8H7BrN2O/c1-5-8(12-2)3-6(9)7(4-10)11-5/h3H,1-2H3. The summed E-state index contributed by atoms with van der Waals surface area (Å²) in [6.07, 6.45) is 0. The van der Waals surface area contributed by atoms with Crippen molar-refractivity contribution in [3.05, 3.63) is 21.9 Å². The van der Waals surface area contributed by atoms with Crippen molar-refractivity contribution in [2.75, 3.05) is 7.11 Å². The lowest BCUT2D eigenvalue weighted by Gasteiger charge is -2.04. The number of pyridine rings is 1. The molecule has 0 aliphatic rings. The van der Waals surface area contributed by atoms with Crippen LogP contribution in [0, 0.1) is 18.3 Å². The monoisotopic (exact) mass is 226 g/mol. The summed E-state index contributed by atoms with van der Waals surface area (Å²) in [5.74, 6) is 0.681. The van der Waals surface area contributed by atoms with E-state index in [1.165, 1.54) is 0 Å². The number of halogens is 1. The molecule has 4 heteroatoms. The molecule has 1 rings (SSSR count). The molecule has 12 heavy (non-hydrogen) atoms. The van der Waals surface area contributed by atoms with Crippen molar-refractivity contribution < 1.29 is 4.74 Å². The molecule has 0 atom stereocenters. The third kappa shape index (κ3) is 1.56. The zero-order valence-corrected chi connectivity index (χ0v) is 8.34. The zero-order valence-electron chi connectivity index (χ0n) is 6.76. The van der Waals surface area contributed by atoms with Gasteiger partial charge in [-0.05, 0) is 28.9 Å². The first-order valence-electron chi connectivity index (χ1n) is 3.30. The summed E-state index contributed by atoms with van der Waals surface area (Å²) in [5.41, 5.74) is 1.10. The SMILES string of the molecule is COc1cc(Br)c(C#N)nc1C. The molecule has 3 nitrogen and oxygen atoms in total. The van der Waals surface area contributed by atoms with Crippen LogP contribution in [0.4, 0.5) is 0 Å². The maximum atomic E-state index is 8.62. The lowest BCUT2D eigenvalue weighted by atomic mass is 10.3. The van der Waals surface area contributed by atoms with E-state index in [0.717, 1.165) is 5.69 Å². The normalized spacial score (nSPS) is 9.17. The minimum Gasteiger partial charge on any atom is -0.495 e. The summed E-state index contributed by atoms with van der Waals surface area (Å²) >= 11 is 3.22. The summed E-state index contributed by atoms with van der Waals surface area (Å²) in [7, 11) is 1.57. The molecule has 1 heterocycles. The van der Waals surface area contributed by atoms with Crippen LogP contribution >= 0.6 is 15.9 Å². The summed E-state index contributed by atoms with van der Waals surface area (Å²) in [4.78, 5) is 4.03. The third-order valence-electron chi connectivity index (χ3n) is 1.45. The molecule has 0 aliphatic heterocycles. The molecule has 0 N–H and O–H groups in total. The number of aromatic nitrogens is 1. The minimum absolute atomic E-state index is 0.383. The maximum Gasteiger partial charge on any atom is 0.155 e. The van der Waals surface area contributed by atoms with Crippen molar-refractivity contribution >= 4 is 15.9 Å². The number of aryl methyl sites for hydroxylation is 1. The highest BCUT2D eigenvalue weighted by atomic mass is 79.9. The lowest BCUT2D eigenvalue weighted by Crippen LogP contribution is -1.93. The van der Waals surface area contributed by atoms with E-state index in [1.54, 1.807) is 20.1 Å². The predicted molar refractivity (Wildman–Crippen MR) is 47.9 cm³/mol. The van der Waals surface area contributed by atoms with Crippen molar-refractivity contribution in [1.29, 1.82) is 5.26 Å². The molecule has 0 aromatic carbocycles. The third-order valence-corrected chi connectivity index (χ3v) is 2.05. The maximum absolute atomic E-state index is 8.62. The van der Waals surface area contributed by atoms with Crippen LogP contribution in [0.25, 0.3) is 0 Å². The largest absolute Gasteiger partial charge is 0.495 e. The van der Waals surface area contributed by atoms with Gasteiger partial charge in [-0.3, -0.25) is 0 Å². The van der Waals surface area contributed by atoms with Crippen LogP contribution in [-0.4, -0.2) is 12.1 Å². The van der Waals surface area contributed by atoms with Crippen LogP contribution in [-0.2, 0) is 0 Å². The van der Waals surface area contributed by atoms with Crippen LogP contribution in [0.5, 0.6) is 5.75 Å². The van der Waals surface area contributed by atoms with Crippen molar-refractivity contribution in [2.45, 2.75) is 6.92 Å². The van der Waals surface area contributed by atoms with E-state index in [9.17, 15) is 0 Å². The first-order chi connectivity index (χ1) is 5.69. The smallest absolute Gasteiger partial charge is 0.155 e. The molecular weight excluding hydrogens is 220 g/mol. The quantitative estimate of drug-likeness (QED) is 0.737. The van der Waals surface area contributed by atoms with E-state index < -0.39 is 0 Å². The number of methoxy groups -OCH3 is 1. The summed E-state index contributed by atoms with van der Waals surface area (Å²) < 4.78 is 5.68. The minimum atomic E-state index is 0.383. The Morgan fingerprint density at radius 2 is 2.33 bits per heavy atom. The molecule has 0 saturated carbocycles. The van der Waals surface area contributed by atoms with E-state index in [4.69, 9.17) is 10.00 Å². The second kappa shape index (κ2) is 3.55. The van der Waals surface area contributed by atoms with E-state index >= 15 is 0 Å². The highest BCUT2D eigenvalue weighted by Gasteiger charge is 2.05. The van der Waals surface area contributed by atoms with Crippen LogP contribution < -0.4 is 4.74 Å². The van der Waals surface area contributed by atoms with Gasteiger partial charge in [0.05, 0.1) is 17.3 Å². The Bertz CT molecular complexity index is 343.